The van der Waals surface area contributed by atoms with Crippen LogP contribution in [0.1, 0.15) is 23.2 Å². The first-order valence-corrected chi connectivity index (χ1v) is 8.49. The maximum Gasteiger partial charge on any atom is 0.166 e. The van der Waals surface area contributed by atoms with Crippen LogP contribution in [0.2, 0.25) is 0 Å². The average molecular weight is 326 g/mol. The van der Waals surface area contributed by atoms with Gasteiger partial charge in [-0.3, -0.25) is 4.79 Å². The Morgan fingerprint density at radius 2 is 2.04 bits per heavy atom. The molecule has 0 fully saturated rings. The van der Waals surface area contributed by atoms with Gasteiger partial charge < -0.3 is 9.72 Å². The van der Waals surface area contributed by atoms with Crippen molar-refractivity contribution in [3.63, 3.8) is 0 Å². The summed E-state index contributed by atoms with van der Waals surface area (Å²) in [5, 5.41) is 0.875. The number of ether oxygens (including phenoxy) is 1. The summed E-state index contributed by atoms with van der Waals surface area (Å²) in [6.45, 7) is 0. The van der Waals surface area contributed by atoms with E-state index in [-0.39, 0.29) is 5.78 Å². The Morgan fingerprint density at radius 3 is 2.83 bits per heavy atom. The highest BCUT2D eigenvalue weighted by atomic mass is 32.2. The largest absolute Gasteiger partial charge is 0.497 e. The lowest BCUT2D eigenvalue weighted by atomic mass is 10.1. The zero-order valence-electron chi connectivity index (χ0n) is 12.9. The van der Waals surface area contributed by atoms with E-state index in [0.717, 1.165) is 39.7 Å². The van der Waals surface area contributed by atoms with Crippen molar-refractivity contribution in [2.24, 2.45) is 0 Å². The highest BCUT2D eigenvalue weighted by molar-refractivity contribution is 7.99. The van der Waals surface area contributed by atoms with Gasteiger partial charge in [0.05, 0.1) is 18.1 Å². The number of rotatable bonds is 7. The van der Waals surface area contributed by atoms with Gasteiger partial charge in [-0.2, -0.15) is 0 Å². The van der Waals surface area contributed by atoms with Gasteiger partial charge in [-0.25, -0.2) is 4.98 Å². The maximum atomic E-state index is 12.0. The van der Waals surface area contributed by atoms with E-state index in [9.17, 15) is 4.79 Å². The molecule has 23 heavy (non-hydrogen) atoms. The van der Waals surface area contributed by atoms with Crippen LogP contribution in [0.15, 0.2) is 53.7 Å². The van der Waals surface area contributed by atoms with E-state index in [1.165, 1.54) is 0 Å². The van der Waals surface area contributed by atoms with Crippen molar-refractivity contribution in [2.75, 3.05) is 12.9 Å². The molecule has 5 heteroatoms. The van der Waals surface area contributed by atoms with Crippen molar-refractivity contribution in [1.29, 1.82) is 0 Å². The molecule has 0 radical (unpaired) electrons. The highest BCUT2D eigenvalue weighted by Gasteiger charge is 2.07. The third-order valence-corrected chi connectivity index (χ3v) is 4.51. The van der Waals surface area contributed by atoms with Crippen LogP contribution < -0.4 is 4.74 Å². The molecule has 0 aliphatic rings. The zero-order chi connectivity index (χ0) is 16.1. The lowest BCUT2D eigenvalue weighted by molar-refractivity contribution is 0.0982. The smallest absolute Gasteiger partial charge is 0.166 e. The zero-order valence-corrected chi connectivity index (χ0v) is 13.7. The normalized spacial score (nSPS) is 10.8. The number of hydrogen-bond donors (Lipinski definition) is 1. The highest BCUT2D eigenvalue weighted by Crippen LogP contribution is 2.23. The number of H-pyrrole nitrogens is 1. The summed E-state index contributed by atoms with van der Waals surface area (Å²) in [7, 11) is 1.65. The van der Waals surface area contributed by atoms with Gasteiger partial charge in [-0.05, 0) is 18.6 Å². The molecule has 4 nitrogen and oxygen atoms in total. The number of thioether (sulfide) groups is 1. The minimum absolute atomic E-state index is 0.195. The molecule has 1 aromatic heterocycles. The number of Topliss-reactive ketones (excluding diaryl/α,β-unsaturated/α-hetero) is 1. The van der Waals surface area contributed by atoms with Crippen LogP contribution in [-0.2, 0) is 0 Å². The standard InChI is InChI=1S/C18H18N2O2S/c1-22-14-9-10-15-16(12-14)20-18(19-15)23-11-5-8-17(21)13-6-3-2-4-7-13/h2-4,6-7,9-10,12H,5,8,11H2,1H3,(H,19,20). The molecular weight excluding hydrogens is 308 g/mol. The Balaban J connectivity index is 1.52. The summed E-state index contributed by atoms with van der Waals surface area (Å²) in [5.74, 6) is 1.86. The molecule has 0 unspecified atom stereocenters. The predicted molar refractivity (Wildman–Crippen MR) is 93.4 cm³/mol. The van der Waals surface area contributed by atoms with E-state index in [1.54, 1.807) is 18.9 Å². The van der Waals surface area contributed by atoms with E-state index in [0.29, 0.717) is 6.42 Å². The van der Waals surface area contributed by atoms with Gasteiger partial charge in [0, 0.05) is 23.8 Å². The van der Waals surface area contributed by atoms with Crippen LogP contribution in [0.5, 0.6) is 5.75 Å². The van der Waals surface area contributed by atoms with Crippen LogP contribution >= 0.6 is 11.8 Å². The summed E-state index contributed by atoms with van der Waals surface area (Å²) in [6.07, 6.45) is 1.39. The van der Waals surface area contributed by atoms with Gasteiger partial charge in [0.25, 0.3) is 0 Å². The fraction of sp³-hybridized carbons (Fsp3) is 0.222. The molecule has 0 saturated heterocycles. The number of ketones is 1. The van der Waals surface area contributed by atoms with Crippen LogP contribution in [0.25, 0.3) is 11.0 Å². The van der Waals surface area contributed by atoms with Gasteiger partial charge in [0.1, 0.15) is 5.75 Å². The Hall–Kier alpha value is -2.27. The van der Waals surface area contributed by atoms with Crippen molar-refractivity contribution in [1.82, 2.24) is 9.97 Å². The molecule has 3 rings (SSSR count). The minimum atomic E-state index is 0.195. The number of aromatic amines is 1. The molecule has 0 aliphatic heterocycles. The van der Waals surface area contributed by atoms with E-state index >= 15 is 0 Å². The number of fused-ring (bicyclic) bond motifs is 1. The van der Waals surface area contributed by atoms with Crippen molar-refractivity contribution >= 4 is 28.6 Å². The van der Waals surface area contributed by atoms with Gasteiger partial charge in [0.15, 0.2) is 10.9 Å². The number of carbonyl (C=O) groups excluding carboxylic acids is 1. The second kappa shape index (κ2) is 7.33. The number of aromatic nitrogens is 2. The Kier molecular flexibility index (Phi) is 4.98. The molecule has 0 spiro atoms. The fourth-order valence-corrected chi connectivity index (χ4v) is 3.16. The number of hydrogen-bond acceptors (Lipinski definition) is 4. The Bertz CT molecular complexity index is 799. The fourth-order valence-electron chi connectivity index (χ4n) is 2.33. The summed E-state index contributed by atoms with van der Waals surface area (Å²) in [4.78, 5) is 19.8. The van der Waals surface area contributed by atoms with Crippen molar-refractivity contribution < 1.29 is 9.53 Å². The number of methoxy groups -OCH3 is 1. The molecule has 1 heterocycles. The van der Waals surface area contributed by atoms with Gasteiger partial charge in [-0.1, -0.05) is 42.1 Å². The number of carbonyl (C=O) groups is 1. The topological polar surface area (TPSA) is 55.0 Å². The van der Waals surface area contributed by atoms with E-state index in [4.69, 9.17) is 4.74 Å². The molecule has 0 aliphatic carbocycles. The molecule has 0 amide bonds. The van der Waals surface area contributed by atoms with E-state index in [1.807, 2.05) is 48.5 Å². The molecule has 0 bridgehead atoms. The Morgan fingerprint density at radius 1 is 1.22 bits per heavy atom. The quantitative estimate of drug-likeness (QED) is 0.399. The molecular formula is C18H18N2O2S. The lowest BCUT2D eigenvalue weighted by Gasteiger charge is -2.00. The van der Waals surface area contributed by atoms with Crippen LogP contribution in [-0.4, -0.2) is 28.6 Å². The lowest BCUT2D eigenvalue weighted by Crippen LogP contribution is -1.99. The predicted octanol–water partition coefficient (Wildman–Crippen LogP) is 4.33. The number of imidazole rings is 1. The van der Waals surface area contributed by atoms with Crippen molar-refractivity contribution in [3.8, 4) is 5.75 Å². The second-order valence-electron chi connectivity index (χ2n) is 5.17. The van der Waals surface area contributed by atoms with E-state index in [2.05, 4.69) is 9.97 Å². The van der Waals surface area contributed by atoms with E-state index < -0.39 is 0 Å². The van der Waals surface area contributed by atoms with Crippen LogP contribution in [0, 0.1) is 0 Å². The van der Waals surface area contributed by atoms with Crippen molar-refractivity contribution in [3.05, 3.63) is 54.1 Å². The van der Waals surface area contributed by atoms with Crippen molar-refractivity contribution in [2.45, 2.75) is 18.0 Å². The molecule has 0 atom stereocenters. The Labute approximate surface area is 139 Å². The number of nitrogens with zero attached hydrogens (tertiary/aromatic N) is 1. The van der Waals surface area contributed by atoms with Crippen LogP contribution in [0.4, 0.5) is 0 Å². The SMILES string of the molecule is COc1ccc2nc(SCCCC(=O)c3ccccc3)[nH]c2c1. The summed E-state index contributed by atoms with van der Waals surface area (Å²) in [5.41, 5.74) is 2.68. The van der Waals surface area contributed by atoms with Crippen LogP contribution in [0.3, 0.4) is 0 Å². The minimum Gasteiger partial charge on any atom is -0.497 e. The molecule has 1 N–H and O–H groups in total. The second-order valence-corrected chi connectivity index (χ2v) is 6.25. The van der Waals surface area contributed by atoms with Gasteiger partial charge >= 0.3 is 0 Å². The maximum absolute atomic E-state index is 12.0. The first-order chi connectivity index (χ1) is 11.3. The monoisotopic (exact) mass is 326 g/mol. The molecule has 0 saturated carbocycles. The average Bonchev–Trinajstić information content (AvgIpc) is 3.01. The van der Waals surface area contributed by atoms with Gasteiger partial charge in [-0.15, -0.1) is 0 Å². The summed E-state index contributed by atoms with van der Waals surface area (Å²) in [6, 6.07) is 15.2. The summed E-state index contributed by atoms with van der Waals surface area (Å²) < 4.78 is 5.21. The molecule has 3 aromatic rings. The summed E-state index contributed by atoms with van der Waals surface area (Å²) >= 11 is 1.64. The first kappa shape index (κ1) is 15.6. The number of nitrogens with one attached hydrogen (secondary N) is 1. The molecule has 2 aromatic carbocycles. The van der Waals surface area contributed by atoms with Gasteiger partial charge in [0.2, 0.25) is 0 Å². The third kappa shape index (κ3) is 3.93. The molecule has 118 valence electrons. The first-order valence-electron chi connectivity index (χ1n) is 7.51. The number of benzene rings is 2. The third-order valence-electron chi connectivity index (χ3n) is 3.55.